The van der Waals surface area contributed by atoms with Gasteiger partial charge in [-0.15, -0.1) is 0 Å². The van der Waals surface area contributed by atoms with Crippen LogP contribution < -0.4 is 10.1 Å². The predicted octanol–water partition coefficient (Wildman–Crippen LogP) is 2.07. The van der Waals surface area contributed by atoms with E-state index in [1.54, 1.807) is 31.4 Å². The van der Waals surface area contributed by atoms with E-state index in [4.69, 9.17) is 4.74 Å². The minimum absolute atomic E-state index is 0.0458. The molecule has 3 amide bonds. The molecule has 0 saturated carbocycles. The van der Waals surface area contributed by atoms with Gasteiger partial charge in [-0.1, -0.05) is 24.3 Å². The number of rotatable bonds is 5. The van der Waals surface area contributed by atoms with E-state index in [0.29, 0.717) is 26.1 Å². The predicted molar refractivity (Wildman–Crippen MR) is 107 cm³/mol. The molecule has 0 bridgehead atoms. The molecule has 0 unspecified atom stereocenters. The summed E-state index contributed by atoms with van der Waals surface area (Å²) in [6.07, 6.45) is 1.67. The van der Waals surface area contributed by atoms with Crippen molar-refractivity contribution in [1.82, 2.24) is 15.3 Å². The largest absolute Gasteiger partial charge is 0.497 e. The lowest BCUT2D eigenvalue weighted by atomic mass is 10.2. The van der Waals surface area contributed by atoms with Crippen LogP contribution in [0, 0.1) is 0 Å². The van der Waals surface area contributed by atoms with Crippen molar-refractivity contribution >= 4 is 21.8 Å². The van der Waals surface area contributed by atoms with Crippen molar-refractivity contribution in [3.63, 3.8) is 0 Å². The number of ether oxygens (including phenoxy) is 1. The summed E-state index contributed by atoms with van der Waals surface area (Å²) in [4.78, 5) is 25.6. The first-order valence-electron chi connectivity index (χ1n) is 9.10. The number of hydrogen-bond donors (Lipinski definition) is 1. The summed E-state index contributed by atoms with van der Waals surface area (Å²) in [5.74, 6) is 0.212. The number of methoxy groups -OCH3 is 1. The maximum Gasteiger partial charge on any atom is 0.336 e. The molecule has 2 aromatic carbocycles. The summed E-state index contributed by atoms with van der Waals surface area (Å²) >= 11 is 0. The molecule has 1 aliphatic rings. The number of hydrazine groups is 1. The van der Waals surface area contributed by atoms with Crippen molar-refractivity contribution in [2.24, 2.45) is 0 Å². The Hall–Kier alpha value is -3.07. The average Bonchev–Trinajstić information content (AvgIpc) is 3.21. The molecule has 0 atom stereocenters. The van der Waals surface area contributed by atoms with E-state index < -0.39 is 21.8 Å². The molecule has 154 valence electrons. The summed E-state index contributed by atoms with van der Waals surface area (Å²) in [5, 5.41) is 5.42. The maximum absolute atomic E-state index is 13.0. The number of carbonyl (C=O) groups is 2. The summed E-state index contributed by atoms with van der Waals surface area (Å²) < 4.78 is 29.2. The Bertz CT molecular complexity index is 1010. The van der Waals surface area contributed by atoms with Crippen molar-refractivity contribution in [2.75, 3.05) is 26.5 Å². The van der Waals surface area contributed by atoms with Crippen LogP contribution in [0.25, 0.3) is 0 Å². The number of benzene rings is 2. The van der Waals surface area contributed by atoms with E-state index in [1.807, 2.05) is 12.1 Å². The summed E-state index contributed by atoms with van der Waals surface area (Å²) in [5.41, 5.74) is 0.948. The molecule has 0 aromatic heterocycles. The van der Waals surface area contributed by atoms with Gasteiger partial charge in [-0.3, -0.25) is 4.79 Å². The third-order valence-electron chi connectivity index (χ3n) is 4.62. The fourth-order valence-electron chi connectivity index (χ4n) is 3.15. The maximum atomic E-state index is 13.0. The molecule has 1 fully saturated rings. The van der Waals surface area contributed by atoms with Crippen LogP contribution >= 0.6 is 0 Å². The molecule has 2 aromatic rings. The van der Waals surface area contributed by atoms with Gasteiger partial charge in [0, 0.05) is 25.9 Å². The molecule has 1 aliphatic heterocycles. The van der Waals surface area contributed by atoms with Crippen LogP contribution in [0.1, 0.15) is 22.3 Å². The van der Waals surface area contributed by atoms with Crippen LogP contribution in [0.5, 0.6) is 5.75 Å². The first-order chi connectivity index (χ1) is 13.8. The highest BCUT2D eigenvalue weighted by atomic mass is 32.2. The zero-order valence-corrected chi connectivity index (χ0v) is 17.1. The van der Waals surface area contributed by atoms with Gasteiger partial charge < -0.3 is 10.1 Å². The van der Waals surface area contributed by atoms with Gasteiger partial charge in [-0.2, -0.15) is 0 Å². The first kappa shape index (κ1) is 20.7. The topological polar surface area (TPSA) is 96.0 Å². The van der Waals surface area contributed by atoms with Gasteiger partial charge in [0.15, 0.2) is 9.84 Å². The Morgan fingerprint density at radius 2 is 1.69 bits per heavy atom. The zero-order chi connectivity index (χ0) is 21.0. The second-order valence-electron chi connectivity index (χ2n) is 6.68. The van der Waals surface area contributed by atoms with E-state index in [2.05, 4.69) is 5.32 Å². The van der Waals surface area contributed by atoms with E-state index in [1.165, 1.54) is 22.2 Å². The van der Waals surface area contributed by atoms with Gasteiger partial charge in [0.05, 0.1) is 17.6 Å². The highest BCUT2D eigenvalue weighted by Gasteiger charge is 2.33. The number of urea groups is 1. The molecule has 1 heterocycles. The highest BCUT2D eigenvalue weighted by molar-refractivity contribution is 7.90. The van der Waals surface area contributed by atoms with Crippen molar-refractivity contribution in [3.8, 4) is 5.75 Å². The number of carbonyl (C=O) groups excluding carboxylic acids is 2. The molecular weight excluding hydrogens is 394 g/mol. The van der Waals surface area contributed by atoms with Crippen molar-refractivity contribution in [2.45, 2.75) is 17.9 Å². The quantitative estimate of drug-likeness (QED) is 0.804. The minimum atomic E-state index is -3.57. The average molecular weight is 417 g/mol. The van der Waals surface area contributed by atoms with Crippen LogP contribution in [-0.4, -0.2) is 56.8 Å². The summed E-state index contributed by atoms with van der Waals surface area (Å²) in [7, 11) is -1.99. The number of nitrogens with one attached hydrogen (secondary N) is 1. The second-order valence-corrected chi connectivity index (χ2v) is 8.66. The molecule has 29 heavy (non-hydrogen) atoms. The number of hydrogen-bond acceptors (Lipinski definition) is 5. The Morgan fingerprint density at radius 3 is 2.34 bits per heavy atom. The van der Waals surface area contributed by atoms with Crippen LogP contribution in [0.15, 0.2) is 53.4 Å². The summed E-state index contributed by atoms with van der Waals surface area (Å²) in [6.45, 7) is 1.01. The standard InChI is InChI=1S/C20H23N3O5S/c1-28-16-10-8-15(9-11-16)14-21-20(25)23-13-5-12-22(23)19(24)17-6-3-4-7-18(17)29(2,26)27/h3-4,6-11H,5,12-14H2,1-2H3,(H,21,25). The van der Waals surface area contributed by atoms with Crippen molar-refractivity contribution < 1.29 is 22.7 Å². The van der Waals surface area contributed by atoms with Crippen molar-refractivity contribution in [3.05, 3.63) is 59.7 Å². The Balaban J connectivity index is 1.72. The van der Waals surface area contributed by atoms with Crippen LogP contribution in [0.2, 0.25) is 0 Å². The monoisotopic (exact) mass is 417 g/mol. The molecule has 8 nitrogen and oxygen atoms in total. The SMILES string of the molecule is COc1ccc(CNC(=O)N2CCCN2C(=O)c2ccccc2S(C)(=O)=O)cc1. The van der Waals surface area contributed by atoms with Gasteiger partial charge in [-0.05, 0) is 36.2 Å². The van der Waals surface area contributed by atoms with Gasteiger partial charge in [0.2, 0.25) is 0 Å². The van der Waals surface area contributed by atoms with Gasteiger partial charge in [-0.25, -0.2) is 23.2 Å². The molecule has 0 spiro atoms. The first-order valence-corrected chi connectivity index (χ1v) is 11.0. The van der Waals surface area contributed by atoms with Crippen molar-refractivity contribution in [1.29, 1.82) is 0 Å². The Kier molecular flexibility index (Phi) is 6.07. The third-order valence-corrected chi connectivity index (χ3v) is 5.77. The summed E-state index contributed by atoms with van der Waals surface area (Å²) in [6, 6.07) is 12.9. The number of sulfone groups is 1. The number of amides is 3. The lowest BCUT2D eigenvalue weighted by Gasteiger charge is -2.28. The lowest BCUT2D eigenvalue weighted by Crippen LogP contribution is -2.49. The molecule has 9 heteroatoms. The van der Waals surface area contributed by atoms with E-state index >= 15 is 0 Å². The lowest BCUT2D eigenvalue weighted by molar-refractivity contribution is 0.0372. The minimum Gasteiger partial charge on any atom is -0.497 e. The fraction of sp³-hybridized carbons (Fsp3) is 0.300. The van der Waals surface area contributed by atoms with Crippen LogP contribution in [0.3, 0.4) is 0 Å². The Labute approximate surface area is 170 Å². The van der Waals surface area contributed by atoms with Gasteiger partial charge in [0.1, 0.15) is 5.75 Å². The Morgan fingerprint density at radius 1 is 1.03 bits per heavy atom. The van der Waals surface area contributed by atoms with E-state index in [0.717, 1.165) is 17.6 Å². The molecule has 0 aliphatic carbocycles. The molecule has 0 radical (unpaired) electrons. The molecule has 3 rings (SSSR count). The second kappa shape index (κ2) is 8.52. The number of nitrogens with zero attached hydrogens (tertiary/aromatic N) is 2. The highest BCUT2D eigenvalue weighted by Crippen LogP contribution is 2.21. The van der Waals surface area contributed by atoms with Crippen LogP contribution in [0.4, 0.5) is 4.79 Å². The smallest absolute Gasteiger partial charge is 0.336 e. The van der Waals surface area contributed by atoms with Gasteiger partial charge in [0.25, 0.3) is 5.91 Å². The third kappa shape index (κ3) is 4.68. The van der Waals surface area contributed by atoms with E-state index in [-0.39, 0.29) is 10.5 Å². The zero-order valence-electron chi connectivity index (χ0n) is 16.3. The normalized spacial score (nSPS) is 14.0. The molecule has 1 N–H and O–H groups in total. The van der Waals surface area contributed by atoms with Crippen LogP contribution in [-0.2, 0) is 16.4 Å². The van der Waals surface area contributed by atoms with E-state index in [9.17, 15) is 18.0 Å². The molecular formula is C20H23N3O5S. The fourth-order valence-corrected chi connectivity index (χ4v) is 4.03. The molecule has 1 saturated heterocycles. The van der Waals surface area contributed by atoms with Gasteiger partial charge >= 0.3 is 6.03 Å².